The summed E-state index contributed by atoms with van der Waals surface area (Å²) >= 11 is 0. The molecule has 0 saturated heterocycles. The van der Waals surface area contributed by atoms with Crippen LogP contribution in [-0.4, -0.2) is 13.1 Å². The van der Waals surface area contributed by atoms with Crippen LogP contribution < -0.4 is 11.5 Å². The van der Waals surface area contributed by atoms with Crippen LogP contribution in [0.15, 0.2) is 24.3 Å². The second kappa shape index (κ2) is 4.56. The number of hydrogen-bond acceptors (Lipinski definition) is 2. The van der Waals surface area contributed by atoms with Crippen molar-refractivity contribution in [3.05, 3.63) is 35.4 Å². The van der Waals surface area contributed by atoms with E-state index >= 15 is 0 Å². The monoisotopic (exact) mass is 220 g/mol. The first-order valence-corrected chi connectivity index (χ1v) is 5.84. The minimum Gasteiger partial charge on any atom is -0.330 e. The third-order valence-electron chi connectivity index (χ3n) is 3.47. The molecule has 0 amide bonds. The van der Waals surface area contributed by atoms with Crippen molar-refractivity contribution in [1.82, 2.24) is 0 Å². The van der Waals surface area contributed by atoms with Crippen molar-refractivity contribution in [3.63, 3.8) is 0 Å². The van der Waals surface area contributed by atoms with E-state index in [2.05, 4.69) is 52.0 Å². The molecule has 0 heterocycles. The van der Waals surface area contributed by atoms with E-state index < -0.39 is 0 Å². The maximum atomic E-state index is 5.77. The second-order valence-electron chi connectivity index (χ2n) is 5.75. The van der Waals surface area contributed by atoms with Crippen molar-refractivity contribution >= 4 is 0 Å². The molecule has 1 rings (SSSR count). The molecule has 1 aromatic carbocycles. The molecule has 0 fully saturated rings. The summed E-state index contributed by atoms with van der Waals surface area (Å²) in [5.74, 6) is 0. The van der Waals surface area contributed by atoms with Crippen LogP contribution in [0.1, 0.15) is 38.8 Å². The molecule has 0 radical (unpaired) electrons. The predicted molar refractivity (Wildman–Crippen MR) is 70.6 cm³/mol. The molecule has 0 aliphatic rings. The van der Waals surface area contributed by atoms with E-state index in [0.29, 0.717) is 13.1 Å². The molecule has 0 bridgehead atoms. The van der Waals surface area contributed by atoms with Crippen molar-refractivity contribution in [2.45, 2.75) is 38.5 Å². The normalized spacial score (nSPS) is 12.9. The zero-order valence-electron chi connectivity index (χ0n) is 10.9. The number of benzene rings is 1. The van der Waals surface area contributed by atoms with E-state index in [-0.39, 0.29) is 10.8 Å². The predicted octanol–water partition coefficient (Wildman–Crippen LogP) is 2.16. The lowest BCUT2D eigenvalue weighted by Gasteiger charge is -2.26. The first kappa shape index (κ1) is 13.2. The molecule has 16 heavy (non-hydrogen) atoms. The van der Waals surface area contributed by atoms with Gasteiger partial charge in [0.05, 0.1) is 0 Å². The average molecular weight is 220 g/mol. The summed E-state index contributed by atoms with van der Waals surface area (Å²) in [5.41, 5.74) is 14.2. The van der Waals surface area contributed by atoms with Gasteiger partial charge in [-0.15, -0.1) is 0 Å². The molecule has 90 valence electrons. The molecule has 0 spiro atoms. The van der Waals surface area contributed by atoms with Gasteiger partial charge in [0.2, 0.25) is 0 Å². The molecule has 1 aromatic rings. The molecule has 4 N–H and O–H groups in total. The molecular weight excluding hydrogens is 196 g/mol. The number of nitrogens with two attached hydrogens (primary N) is 2. The Labute approximate surface area is 99.0 Å². The first-order chi connectivity index (χ1) is 7.33. The van der Waals surface area contributed by atoms with Crippen LogP contribution in [0.2, 0.25) is 0 Å². The average Bonchev–Trinajstić information content (AvgIpc) is 2.29. The third-order valence-corrected chi connectivity index (χ3v) is 3.47. The summed E-state index contributed by atoms with van der Waals surface area (Å²) in [6, 6.07) is 8.67. The van der Waals surface area contributed by atoms with Gasteiger partial charge in [0.15, 0.2) is 0 Å². The summed E-state index contributed by atoms with van der Waals surface area (Å²) in [7, 11) is 0. The minimum absolute atomic E-state index is 0.0470. The Morgan fingerprint density at radius 1 is 0.750 bits per heavy atom. The SMILES string of the molecule is CC(C)(CN)c1ccc(C(C)(C)CN)cc1. The summed E-state index contributed by atoms with van der Waals surface area (Å²) in [5, 5.41) is 0. The Hall–Kier alpha value is -0.860. The van der Waals surface area contributed by atoms with Crippen LogP contribution in [0.4, 0.5) is 0 Å². The zero-order valence-corrected chi connectivity index (χ0v) is 10.9. The van der Waals surface area contributed by atoms with E-state index in [9.17, 15) is 0 Å². The Kier molecular flexibility index (Phi) is 3.76. The number of hydrogen-bond donors (Lipinski definition) is 2. The van der Waals surface area contributed by atoms with Crippen LogP contribution in [0, 0.1) is 0 Å². The van der Waals surface area contributed by atoms with E-state index in [1.807, 2.05) is 0 Å². The van der Waals surface area contributed by atoms with Crippen LogP contribution in [0.5, 0.6) is 0 Å². The molecule has 0 aliphatic heterocycles. The largest absolute Gasteiger partial charge is 0.330 e. The highest BCUT2D eigenvalue weighted by Crippen LogP contribution is 2.26. The molecule has 0 unspecified atom stereocenters. The quantitative estimate of drug-likeness (QED) is 0.817. The van der Waals surface area contributed by atoms with Gasteiger partial charge in [-0.3, -0.25) is 0 Å². The lowest BCUT2D eigenvalue weighted by Crippen LogP contribution is -2.30. The Balaban J connectivity index is 3.00. The maximum absolute atomic E-state index is 5.77. The van der Waals surface area contributed by atoms with Gasteiger partial charge in [-0.05, 0) is 11.1 Å². The summed E-state index contributed by atoms with van der Waals surface area (Å²) < 4.78 is 0. The molecular formula is C14H24N2. The lowest BCUT2D eigenvalue weighted by molar-refractivity contribution is 0.528. The molecule has 0 saturated carbocycles. The van der Waals surface area contributed by atoms with Gasteiger partial charge in [0.1, 0.15) is 0 Å². The van der Waals surface area contributed by atoms with Crippen molar-refractivity contribution in [2.75, 3.05) is 13.1 Å². The van der Waals surface area contributed by atoms with Gasteiger partial charge < -0.3 is 11.5 Å². The fourth-order valence-electron chi connectivity index (χ4n) is 1.61. The van der Waals surface area contributed by atoms with Gasteiger partial charge >= 0.3 is 0 Å². The lowest BCUT2D eigenvalue weighted by atomic mass is 9.80. The Morgan fingerprint density at radius 3 is 1.19 bits per heavy atom. The minimum atomic E-state index is 0.0470. The molecule has 2 nitrogen and oxygen atoms in total. The summed E-state index contributed by atoms with van der Waals surface area (Å²) in [6.07, 6.45) is 0. The number of rotatable bonds is 4. The van der Waals surface area contributed by atoms with Crippen LogP contribution in [0.3, 0.4) is 0 Å². The van der Waals surface area contributed by atoms with E-state index in [1.54, 1.807) is 0 Å². The summed E-state index contributed by atoms with van der Waals surface area (Å²) in [4.78, 5) is 0. The van der Waals surface area contributed by atoms with Gasteiger partial charge in [-0.25, -0.2) is 0 Å². The van der Waals surface area contributed by atoms with Crippen molar-refractivity contribution in [2.24, 2.45) is 11.5 Å². The van der Waals surface area contributed by atoms with E-state index in [4.69, 9.17) is 11.5 Å². The summed E-state index contributed by atoms with van der Waals surface area (Å²) in [6.45, 7) is 9.97. The van der Waals surface area contributed by atoms with Crippen molar-refractivity contribution in [1.29, 1.82) is 0 Å². The van der Waals surface area contributed by atoms with Crippen LogP contribution in [0.25, 0.3) is 0 Å². The first-order valence-electron chi connectivity index (χ1n) is 5.84. The van der Waals surface area contributed by atoms with Crippen LogP contribution in [-0.2, 0) is 10.8 Å². The molecule has 0 aliphatic carbocycles. The molecule has 0 aromatic heterocycles. The fraction of sp³-hybridized carbons (Fsp3) is 0.571. The highest BCUT2D eigenvalue weighted by molar-refractivity contribution is 5.32. The van der Waals surface area contributed by atoms with Crippen LogP contribution >= 0.6 is 0 Å². The van der Waals surface area contributed by atoms with Gasteiger partial charge in [-0.2, -0.15) is 0 Å². The van der Waals surface area contributed by atoms with E-state index in [1.165, 1.54) is 11.1 Å². The van der Waals surface area contributed by atoms with Gasteiger partial charge in [0.25, 0.3) is 0 Å². The molecule has 0 atom stereocenters. The van der Waals surface area contributed by atoms with Gasteiger partial charge in [-0.1, -0.05) is 52.0 Å². The Morgan fingerprint density at radius 2 is 1.00 bits per heavy atom. The van der Waals surface area contributed by atoms with Crippen molar-refractivity contribution in [3.8, 4) is 0 Å². The Bertz CT molecular complexity index is 301. The standard InChI is InChI=1S/C14H24N2/c1-13(2,9-15)11-5-7-12(8-6-11)14(3,4)10-16/h5-8H,9-10,15-16H2,1-4H3. The highest BCUT2D eigenvalue weighted by Gasteiger charge is 2.21. The third kappa shape index (κ3) is 2.63. The maximum Gasteiger partial charge on any atom is 0.00190 e. The topological polar surface area (TPSA) is 52.0 Å². The second-order valence-corrected chi connectivity index (χ2v) is 5.75. The van der Waals surface area contributed by atoms with Crippen molar-refractivity contribution < 1.29 is 0 Å². The highest BCUT2D eigenvalue weighted by atomic mass is 14.6. The van der Waals surface area contributed by atoms with Gasteiger partial charge in [0, 0.05) is 23.9 Å². The van der Waals surface area contributed by atoms with E-state index in [0.717, 1.165) is 0 Å². The zero-order chi connectivity index (χ0) is 12.4. The smallest absolute Gasteiger partial charge is 0.00190 e. The molecule has 2 heteroatoms. The fourth-order valence-corrected chi connectivity index (χ4v) is 1.61.